The third-order valence-corrected chi connectivity index (χ3v) is 9.84. The van der Waals surface area contributed by atoms with Crippen LogP contribution in [-0.4, -0.2) is 38.8 Å². The van der Waals surface area contributed by atoms with Crippen LogP contribution in [0.4, 0.5) is 0 Å². The Morgan fingerprint density at radius 2 is 2.06 bits per heavy atom. The van der Waals surface area contributed by atoms with Gasteiger partial charge in [-0.05, 0) is 38.5 Å². The highest BCUT2D eigenvalue weighted by molar-refractivity contribution is 7.98. The Bertz CT molecular complexity index is 292. The van der Waals surface area contributed by atoms with Gasteiger partial charge in [0.1, 0.15) is 8.24 Å². The van der Waals surface area contributed by atoms with Crippen molar-refractivity contribution >= 4 is 34.5 Å². The lowest BCUT2D eigenvalue weighted by molar-refractivity contribution is -0.135. The molecule has 0 atom stereocenters. The number of carbonyl (C=O) groups is 1. The van der Waals surface area contributed by atoms with Crippen molar-refractivity contribution in [2.45, 2.75) is 58.0 Å². The molecule has 0 radical (unpaired) electrons. The Kier molecular flexibility index (Phi) is 5.95. The van der Waals surface area contributed by atoms with Gasteiger partial charge in [0.15, 0.2) is 0 Å². The van der Waals surface area contributed by atoms with E-state index in [4.69, 9.17) is 4.43 Å². The van der Waals surface area contributed by atoms with E-state index in [0.717, 1.165) is 12.2 Å². The molecule has 1 saturated heterocycles. The zero-order chi connectivity index (χ0) is 13.8. The number of rotatable bonds is 6. The predicted molar refractivity (Wildman–Crippen MR) is 84.7 cm³/mol. The molecule has 3 nitrogen and oxygen atoms in total. The quantitative estimate of drug-likeness (QED) is 0.425. The minimum Gasteiger partial charge on any atom is -0.520 e. The average Bonchev–Trinajstić information content (AvgIpc) is 2.50. The van der Waals surface area contributed by atoms with Gasteiger partial charge in [0, 0.05) is 18.7 Å². The van der Waals surface area contributed by atoms with E-state index in [2.05, 4.69) is 36.7 Å². The van der Waals surface area contributed by atoms with Crippen molar-refractivity contribution in [1.82, 2.24) is 3.97 Å². The molecule has 106 valence electrons. The third kappa shape index (κ3) is 5.90. The van der Waals surface area contributed by atoms with Crippen molar-refractivity contribution in [3.63, 3.8) is 0 Å². The first-order chi connectivity index (χ1) is 8.21. The van der Waals surface area contributed by atoms with Crippen molar-refractivity contribution in [1.29, 1.82) is 0 Å². The molecule has 0 amide bonds. The zero-order valence-corrected chi connectivity index (χ0v) is 15.2. The van der Waals surface area contributed by atoms with Crippen LogP contribution in [0.2, 0.25) is 38.8 Å². The normalized spacial score (nSPS) is 20.1. The summed E-state index contributed by atoms with van der Waals surface area (Å²) in [6.07, 6.45) is 2.87. The van der Waals surface area contributed by atoms with E-state index in [1.54, 1.807) is 0 Å². The summed E-state index contributed by atoms with van der Waals surface area (Å²) in [7, 11) is -2.79. The van der Waals surface area contributed by atoms with Crippen LogP contribution in [0, 0.1) is 0 Å². The van der Waals surface area contributed by atoms with E-state index in [1.807, 2.05) is 11.9 Å². The van der Waals surface area contributed by atoms with Crippen LogP contribution in [-0.2, 0) is 9.22 Å². The molecule has 1 aliphatic rings. The van der Waals surface area contributed by atoms with E-state index in [9.17, 15) is 4.79 Å². The lowest BCUT2D eigenvalue weighted by atomic mass is 10.3. The molecule has 1 fully saturated rings. The van der Waals surface area contributed by atoms with Gasteiger partial charge in [-0.2, -0.15) is 0 Å². The van der Waals surface area contributed by atoms with Gasteiger partial charge in [0.2, 0.25) is 8.32 Å². The molecule has 18 heavy (non-hydrogen) atoms. The van der Waals surface area contributed by atoms with E-state index in [0.29, 0.717) is 6.42 Å². The average molecular weight is 306 g/mol. The summed E-state index contributed by atoms with van der Waals surface area (Å²) in [5.74, 6) is 1.05. The smallest absolute Gasteiger partial charge is 0.292 e. The molecule has 0 unspecified atom stereocenters. The molecular formula is C12H27NO2SSi2. The minimum atomic E-state index is -1.69. The zero-order valence-electron chi connectivity index (χ0n) is 12.4. The summed E-state index contributed by atoms with van der Waals surface area (Å²) < 4.78 is 8.04. The summed E-state index contributed by atoms with van der Waals surface area (Å²) >= 11 is 1.95. The molecule has 0 aromatic rings. The summed E-state index contributed by atoms with van der Waals surface area (Å²) in [4.78, 5) is 11.6. The number of carbonyl (C=O) groups excluding carboxylic acids is 1. The van der Waals surface area contributed by atoms with Gasteiger partial charge in [-0.15, -0.1) is 0 Å². The van der Waals surface area contributed by atoms with Crippen LogP contribution in [0.5, 0.6) is 0 Å². The summed E-state index contributed by atoms with van der Waals surface area (Å²) in [6.45, 7) is 12.3. The largest absolute Gasteiger partial charge is 0.520 e. The monoisotopic (exact) mass is 305 g/mol. The van der Waals surface area contributed by atoms with Crippen molar-refractivity contribution in [2.75, 3.05) is 12.3 Å². The fourth-order valence-corrected chi connectivity index (χ4v) is 7.62. The van der Waals surface area contributed by atoms with Crippen LogP contribution in [0.1, 0.15) is 19.3 Å². The van der Waals surface area contributed by atoms with Gasteiger partial charge in [-0.1, -0.05) is 25.0 Å². The Morgan fingerprint density at radius 1 is 1.39 bits per heavy atom. The Balaban J connectivity index is 2.14. The van der Waals surface area contributed by atoms with Crippen molar-refractivity contribution in [2.24, 2.45) is 0 Å². The predicted octanol–water partition coefficient (Wildman–Crippen LogP) is 3.70. The standard InChI is InChI=1S/C12H27NO2SSi2/c1-17(2,3)15-12(14)8-6-10-16-13-9-7-11-18(13,4)5/h6-11H2,1-5H3. The summed E-state index contributed by atoms with van der Waals surface area (Å²) in [6, 6.07) is 1.41. The highest BCUT2D eigenvalue weighted by atomic mass is 32.2. The topological polar surface area (TPSA) is 29.5 Å². The number of hydrogen-bond acceptors (Lipinski definition) is 4. The summed E-state index contributed by atoms with van der Waals surface area (Å²) in [5, 5.41) is 0. The van der Waals surface area contributed by atoms with E-state index >= 15 is 0 Å². The number of hydrogen-bond donors (Lipinski definition) is 0. The van der Waals surface area contributed by atoms with E-state index < -0.39 is 16.6 Å². The van der Waals surface area contributed by atoms with Crippen LogP contribution in [0.3, 0.4) is 0 Å². The number of nitrogens with zero attached hydrogens (tertiary/aromatic N) is 1. The molecule has 1 rings (SSSR count). The van der Waals surface area contributed by atoms with Gasteiger partial charge >= 0.3 is 0 Å². The maximum absolute atomic E-state index is 11.6. The summed E-state index contributed by atoms with van der Waals surface area (Å²) in [5.41, 5.74) is 0. The Labute approximate surface area is 118 Å². The molecule has 0 saturated carbocycles. The fourth-order valence-electron chi connectivity index (χ4n) is 2.11. The third-order valence-electron chi connectivity index (χ3n) is 3.02. The van der Waals surface area contributed by atoms with Gasteiger partial charge < -0.3 is 4.43 Å². The SMILES string of the molecule is C[Si](C)(C)OC(=O)CCCSN1CCC[Si]1(C)C. The van der Waals surface area contributed by atoms with Crippen LogP contribution in [0.15, 0.2) is 0 Å². The highest BCUT2D eigenvalue weighted by Gasteiger charge is 2.34. The second kappa shape index (κ2) is 6.59. The van der Waals surface area contributed by atoms with Crippen molar-refractivity contribution in [3.8, 4) is 0 Å². The first-order valence-electron chi connectivity index (χ1n) is 6.83. The molecule has 1 heterocycles. The molecule has 6 heteroatoms. The fraction of sp³-hybridized carbons (Fsp3) is 0.917. The van der Waals surface area contributed by atoms with Gasteiger partial charge in [0.05, 0.1) is 0 Å². The van der Waals surface area contributed by atoms with Gasteiger partial charge in [-0.25, -0.2) is 0 Å². The van der Waals surface area contributed by atoms with Crippen LogP contribution in [0.25, 0.3) is 0 Å². The first-order valence-corrected chi connectivity index (χ1v) is 14.3. The molecule has 0 aromatic heterocycles. The van der Waals surface area contributed by atoms with E-state index in [1.165, 1.54) is 19.0 Å². The van der Waals surface area contributed by atoms with Crippen molar-refractivity contribution in [3.05, 3.63) is 0 Å². The maximum atomic E-state index is 11.6. The Morgan fingerprint density at radius 3 is 2.56 bits per heavy atom. The second-order valence-corrected chi connectivity index (χ2v) is 17.1. The second-order valence-electron chi connectivity index (χ2n) is 6.54. The molecule has 1 aliphatic heterocycles. The molecule has 0 N–H and O–H groups in total. The minimum absolute atomic E-state index is 0.00677. The van der Waals surface area contributed by atoms with Gasteiger partial charge in [-0.3, -0.25) is 8.77 Å². The lowest BCUT2D eigenvalue weighted by Gasteiger charge is -2.28. The maximum Gasteiger partial charge on any atom is 0.292 e. The first kappa shape index (κ1) is 16.3. The van der Waals surface area contributed by atoms with Crippen molar-refractivity contribution < 1.29 is 9.22 Å². The molecule has 0 spiro atoms. The van der Waals surface area contributed by atoms with Gasteiger partial charge in [0.25, 0.3) is 5.97 Å². The van der Waals surface area contributed by atoms with E-state index in [-0.39, 0.29) is 5.97 Å². The Hall–Kier alpha value is 0.214. The molecule has 0 aromatic carbocycles. The molecule has 0 aliphatic carbocycles. The molecular weight excluding hydrogens is 278 g/mol. The highest BCUT2D eigenvalue weighted by Crippen LogP contribution is 2.32. The van der Waals surface area contributed by atoms with Crippen LogP contribution >= 0.6 is 11.9 Å². The molecule has 0 bridgehead atoms. The van der Waals surface area contributed by atoms with Crippen LogP contribution < -0.4 is 0 Å². The lowest BCUT2D eigenvalue weighted by Crippen LogP contribution is -2.38.